The van der Waals surface area contributed by atoms with Crippen LogP contribution in [0.5, 0.6) is 0 Å². The highest BCUT2D eigenvalue weighted by atomic mass is 19.4. The van der Waals surface area contributed by atoms with Crippen LogP contribution in [0.4, 0.5) is 19.1 Å². The van der Waals surface area contributed by atoms with Crippen molar-refractivity contribution in [3.8, 4) is 11.5 Å². The largest absolute Gasteiger partial charge is 0.433 e. The number of nitrogens with one attached hydrogen (secondary N) is 1. The normalized spacial score (nSPS) is 26.4. The number of anilines is 1. The fraction of sp³-hybridized carbons (Fsp3) is 0.652. The van der Waals surface area contributed by atoms with Crippen molar-refractivity contribution in [2.45, 2.75) is 75.9 Å². The molecule has 1 saturated heterocycles. The number of hydrogen-bond donors (Lipinski definition) is 1. The molecule has 178 valence electrons. The molecule has 0 radical (unpaired) electrons. The van der Waals surface area contributed by atoms with Crippen LogP contribution in [0.25, 0.3) is 11.5 Å². The second-order valence-electron chi connectivity index (χ2n) is 9.44. The molecule has 2 aromatic rings. The van der Waals surface area contributed by atoms with Crippen molar-refractivity contribution in [3.05, 3.63) is 23.0 Å². The molecule has 1 N–H and O–H groups in total. The number of rotatable bonds is 2. The monoisotopic (exact) mass is 463 g/mol. The molecule has 2 fully saturated rings. The van der Waals surface area contributed by atoms with Gasteiger partial charge in [0.15, 0.2) is 11.5 Å². The average molecular weight is 464 g/mol. The summed E-state index contributed by atoms with van der Waals surface area (Å²) in [6.07, 6.45) is 1.27. The maximum absolute atomic E-state index is 13.8. The second-order valence-corrected chi connectivity index (χ2v) is 9.44. The Morgan fingerprint density at radius 1 is 1.15 bits per heavy atom. The van der Waals surface area contributed by atoms with Gasteiger partial charge in [-0.3, -0.25) is 4.79 Å². The first-order chi connectivity index (χ1) is 15.8. The minimum atomic E-state index is -4.62. The lowest BCUT2D eigenvalue weighted by atomic mass is 9.64. The van der Waals surface area contributed by atoms with Crippen molar-refractivity contribution < 1.29 is 22.5 Å². The van der Waals surface area contributed by atoms with Crippen LogP contribution in [0, 0.1) is 0 Å². The van der Waals surface area contributed by atoms with Gasteiger partial charge in [-0.15, -0.1) is 0 Å². The molecule has 2 aliphatic carbocycles. The molecule has 1 saturated carbocycles. The number of aromatic nitrogens is 3. The van der Waals surface area contributed by atoms with Crippen LogP contribution in [0.2, 0.25) is 0 Å². The molecule has 3 heterocycles. The predicted octanol–water partition coefficient (Wildman–Crippen LogP) is 4.06. The fourth-order valence-corrected chi connectivity index (χ4v) is 5.55. The number of alkyl halides is 3. The van der Waals surface area contributed by atoms with Crippen LogP contribution in [0.3, 0.4) is 0 Å². The van der Waals surface area contributed by atoms with E-state index in [9.17, 15) is 18.0 Å². The van der Waals surface area contributed by atoms with Crippen molar-refractivity contribution in [2.75, 3.05) is 24.5 Å². The lowest BCUT2D eigenvalue weighted by Gasteiger charge is -2.37. The summed E-state index contributed by atoms with van der Waals surface area (Å²) in [5.74, 6) is 0.442. The number of carbonyl (C=O) groups excluding carboxylic acids is 1. The van der Waals surface area contributed by atoms with Gasteiger partial charge in [0.1, 0.15) is 17.2 Å². The van der Waals surface area contributed by atoms with Gasteiger partial charge in [-0.05, 0) is 58.1 Å². The Kier molecular flexibility index (Phi) is 5.66. The molecule has 0 bridgehead atoms. The van der Waals surface area contributed by atoms with Crippen molar-refractivity contribution in [2.24, 2.45) is 0 Å². The van der Waals surface area contributed by atoms with E-state index in [0.29, 0.717) is 44.5 Å². The average Bonchev–Trinajstić information content (AvgIpc) is 3.11. The van der Waals surface area contributed by atoms with E-state index >= 15 is 0 Å². The molecule has 33 heavy (non-hydrogen) atoms. The standard InChI is InChI=1S/C23H28F3N5O2/c1-14-13-27-10-5-11-31(14)21-28-16(12-17(29-21)23(24,25)26)19-15-6-4-9-22(20(15)30-33-19)8-3-2-7-18(22)32/h12,14,27H,2-11,13H2,1H3/t14-,22+/m0/s1. The molecule has 2 aromatic heterocycles. The number of nitrogens with zero attached hydrogens (tertiary/aromatic N) is 4. The fourth-order valence-electron chi connectivity index (χ4n) is 5.55. The first kappa shape index (κ1) is 22.3. The minimum Gasteiger partial charge on any atom is -0.354 e. The first-order valence-corrected chi connectivity index (χ1v) is 11.8. The number of carbonyl (C=O) groups is 1. The SMILES string of the molecule is C[C@H]1CNCCCN1c1nc(-c2onc3c2CCC[C@@]32CCCCC2=O)cc(C(F)(F)F)n1. The van der Waals surface area contributed by atoms with Crippen molar-refractivity contribution in [1.82, 2.24) is 20.4 Å². The summed E-state index contributed by atoms with van der Waals surface area (Å²) < 4.78 is 47.0. The second kappa shape index (κ2) is 8.38. The van der Waals surface area contributed by atoms with Gasteiger partial charge in [0.05, 0.1) is 5.41 Å². The number of halogens is 3. The van der Waals surface area contributed by atoms with Crippen molar-refractivity contribution >= 4 is 11.7 Å². The molecule has 1 spiro atoms. The molecule has 3 aliphatic rings. The van der Waals surface area contributed by atoms with Crippen LogP contribution < -0.4 is 10.2 Å². The molecular weight excluding hydrogens is 435 g/mol. The zero-order valence-electron chi connectivity index (χ0n) is 18.7. The smallest absolute Gasteiger partial charge is 0.354 e. The molecule has 2 atom stereocenters. The summed E-state index contributed by atoms with van der Waals surface area (Å²) in [6.45, 7) is 3.92. The topological polar surface area (TPSA) is 84.1 Å². The third-order valence-electron chi connectivity index (χ3n) is 7.28. The molecule has 0 unspecified atom stereocenters. The van der Waals surface area contributed by atoms with Gasteiger partial charge < -0.3 is 14.7 Å². The number of Topliss-reactive ketones (excluding diaryl/α,β-unsaturated/α-hetero) is 1. The van der Waals surface area contributed by atoms with Gasteiger partial charge in [0, 0.05) is 31.1 Å². The van der Waals surface area contributed by atoms with E-state index in [2.05, 4.69) is 20.4 Å². The highest BCUT2D eigenvalue weighted by Crippen LogP contribution is 2.47. The van der Waals surface area contributed by atoms with Crippen LogP contribution in [-0.4, -0.2) is 46.6 Å². The molecule has 5 rings (SSSR count). The van der Waals surface area contributed by atoms with Crippen LogP contribution in [-0.2, 0) is 22.8 Å². The summed E-state index contributed by atoms with van der Waals surface area (Å²) in [5.41, 5.74) is -0.266. The molecule has 10 heteroatoms. The van der Waals surface area contributed by atoms with Gasteiger partial charge in [-0.25, -0.2) is 9.97 Å². The Bertz CT molecular complexity index is 1050. The van der Waals surface area contributed by atoms with Gasteiger partial charge in [-0.1, -0.05) is 11.6 Å². The van der Waals surface area contributed by atoms with Crippen molar-refractivity contribution in [1.29, 1.82) is 0 Å². The van der Waals surface area contributed by atoms with E-state index in [1.807, 2.05) is 11.8 Å². The maximum atomic E-state index is 13.8. The van der Waals surface area contributed by atoms with Gasteiger partial charge in [0.2, 0.25) is 5.95 Å². The van der Waals surface area contributed by atoms with Crippen LogP contribution in [0.1, 0.15) is 68.8 Å². The molecule has 0 amide bonds. The summed E-state index contributed by atoms with van der Waals surface area (Å²) in [7, 11) is 0. The van der Waals surface area contributed by atoms with E-state index in [1.54, 1.807) is 0 Å². The third kappa shape index (κ3) is 3.92. The lowest BCUT2D eigenvalue weighted by molar-refractivity contribution is -0.141. The number of hydrogen-bond acceptors (Lipinski definition) is 7. The van der Waals surface area contributed by atoms with Gasteiger partial charge in [-0.2, -0.15) is 13.2 Å². The molecule has 1 aliphatic heterocycles. The molecule has 7 nitrogen and oxygen atoms in total. The van der Waals surface area contributed by atoms with E-state index in [1.165, 1.54) is 0 Å². The van der Waals surface area contributed by atoms with Crippen molar-refractivity contribution in [3.63, 3.8) is 0 Å². The zero-order chi connectivity index (χ0) is 23.2. The summed E-state index contributed by atoms with van der Waals surface area (Å²) in [6, 6.07) is 0.880. The minimum absolute atomic E-state index is 0.0421. The van der Waals surface area contributed by atoms with E-state index in [0.717, 1.165) is 43.9 Å². The third-order valence-corrected chi connectivity index (χ3v) is 7.28. The Morgan fingerprint density at radius 2 is 1.97 bits per heavy atom. The highest BCUT2D eigenvalue weighted by molar-refractivity contribution is 5.91. The Hall–Kier alpha value is -2.49. The predicted molar refractivity (Wildman–Crippen MR) is 115 cm³/mol. The van der Waals surface area contributed by atoms with E-state index in [-0.39, 0.29) is 29.2 Å². The number of fused-ring (bicyclic) bond motifs is 2. The Labute approximate surface area is 190 Å². The van der Waals surface area contributed by atoms with Crippen LogP contribution in [0.15, 0.2) is 10.6 Å². The summed E-state index contributed by atoms with van der Waals surface area (Å²) in [5, 5.41) is 7.55. The zero-order valence-corrected chi connectivity index (χ0v) is 18.7. The molecule has 0 aromatic carbocycles. The maximum Gasteiger partial charge on any atom is 0.433 e. The Balaban J connectivity index is 1.61. The quantitative estimate of drug-likeness (QED) is 0.719. The highest BCUT2D eigenvalue weighted by Gasteiger charge is 2.48. The Morgan fingerprint density at radius 3 is 2.76 bits per heavy atom. The number of ketones is 1. The van der Waals surface area contributed by atoms with Crippen LogP contribution >= 0.6 is 0 Å². The summed E-state index contributed by atoms with van der Waals surface area (Å²) in [4.78, 5) is 23.2. The first-order valence-electron chi connectivity index (χ1n) is 11.8. The summed E-state index contributed by atoms with van der Waals surface area (Å²) >= 11 is 0. The lowest BCUT2D eigenvalue weighted by Crippen LogP contribution is -2.41. The van der Waals surface area contributed by atoms with Gasteiger partial charge >= 0.3 is 6.18 Å². The molecular formula is C23H28F3N5O2. The van der Waals surface area contributed by atoms with E-state index in [4.69, 9.17) is 4.52 Å². The van der Waals surface area contributed by atoms with Gasteiger partial charge in [0.25, 0.3) is 0 Å². The van der Waals surface area contributed by atoms with E-state index < -0.39 is 17.3 Å².